The first-order valence-corrected chi connectivity index (χ1v) is 5.94. The van der Waals surface area contributed by atoms with E-state index in [2.05, 4.69) is 21.2 Å². The third-order valence-corrected chi connectivity index (χ3v) is 3.39. The van der Waals surface area contributed by atoms with E-state index in [0.29, 0.717) is 0 Å². The van der Waals surface area contributed by atoms with Crippen LogP contribution in [0, 0.1) is 17.5 Å². The minimum Gasteiger partial charge on any atom is -0.314 e. The number of hydrogen-bond acceptors (Lipinski definition) is 1. The van der Waals surface area contributed by atoms with Gasteiger partial charge in [0.25, 0.3) is 0 Å². The van der Waals surface area contributed by atoms with Crippen LogP contribution in [0.25, 0.3) is 0 Å². The average Bonchev–Trinajstić information content (AvgIpc) is 2.74. The molecule has 1 atom stereocenters. The maximum absolute atomic E-state index is 13.6. The molecular weight excluding hydrogens is 283 g/mol. The molecule has 0 aromatic heterocycles. The summed E-state index contributed by atoms with van der Waals surface area (Å²) in [7, 11) is 0. The van der Waals surface area contributed by atoms with Gasteiger partial charge in [-0.3, -0.25) is 0 Å². The third-order valence-electron chi connectivity index (χ3n) is 2.82. The van der Waals surface area contributed by atoms with Crippen LogP contribution in [0.1, 0.15) is 18.4 Å². The van der Waals surface area contributed by atoms with E-state index in [4.69, 9.17) is 0 Å². The van der Waals surface area contributed by atoms with E-state index in [-0.39, 0.29) is 22.5 Å². The Balaban J connectivity index is 2.31. The molecule has 1 unspecified atom stereocenters. The monoisotopic (exact) mass is 293 g/mol. The molecule has 0 radical (unpaired) electrons. The minimum absolute atomic E-state index is 0.0283. The Bertz CT molecular complexity index is 376. The van der Waals surface area contributed by atoms with E-state index in [1.807, 2.05) is 0 Å². The van der Waals surface area contributed by atoms with Gasteiger partial charge < -0.3 is 5.32 Å². The molecular formula is C11H11BrF3N. The molecule has 1 fully saturated rings. The normalized spacial score (nSPS) is 20.4. The second kappa shape index (κ2) is 4.75. The van der Waals surface area contributed by atoms with Gasteiger partial charge in [-0.15, -0.1) is 0 Å². The second-order valence-corrected chi connectivity index (χ2v) is 4.80. The summed E-state index contributed by atoms with van der Waals surface area (Å²) in [5.74, 6) is -2.79. The minimum atomic E-state index is -1.07. The van der Waals surface area contributed by atoms with E-state index in [1.165, 1.54) is 0 Å². The van der Waals surface area contributed by atoms with Crippen LogP contribution >= 0.6 is 15.9 Å². The third kappa shape index (κ3) is 2.25. The quantitative estimate of drug-likeness (QED) is 0.826. The van der Waals surface area contributed by atoms with Gasteiger partial charge in [0.1, 0.15) is 5.82 Å². The zero-order valence-corrected chi connectivity index (χ0v) is 10.1. The fourth-order valence-electron chi connectivity index (χ4n) is 1.98. The van der Waals surface area contributed by atoms with Crippen LogP contribution < -0.4 is 5.32 Å². The highest BCUT2D eigenvalue weighted by molar-refractivity contribution is 9.10. The van der Waals surface area contributed by atoms with Crippen LogP contribution in [0.15, 0.2) is 10.5 Å². The van der Waals surface area contributed by atoms with Crippen molar-refractivity contribution in [2.24, 2.45) is 0 Å². The number of rotatable bonds is 2. The smallest absolute Gasteiger partial charge is 0.165 e. The van der Waals surface area contributed by atoms with Crippen molar-refractivity contribution in [3.05, 3.63) is 33.6 Å². The van der Waals surface area contributed by atoms with Crippen molar-refractivity contribution in [1.29, 1.82) is 0 Å². The molecule has 1 nitrogen and oxygen atoms in total. The first kappa shape index (κ1) is 11.9. The lowest BCUT2D eigenvalue weighted by Crippen LogP contribution is -2.25. The SMILES string of the molecule is Fc1cc(Br)c(F)c(CC2CCCN2)c1F. The molecule has 1 aliphatic heterocycles. The summed E-state index contributed by atoms with van der Waals surface area (Å²) in [5, 5.41) is 3.13. The predicted molar refractivity (Wildman–Crippen MR) is 58.7 cm³/mol. The van der Waals surface area contributed by atoms with Crippen molar-refractivity contribution in [2.75, 3.05) is 6.54 Å². The van der Waals surface area contributed by atoms with E-state index in [9.17, 15) is 13.2 Å². The van der Waals surface area contributed by atoms with E-state index < -0.39 is 17.5 Å². The highest BCUT2D eigenvalue weighted by Gasteiger charge is 2.22. The van der Waals surface area contributed by atoms with Crippen molar-refractivity contribution in [3.63, 3.8) is 0 Å². The number of benzene rings is 1. The Kier molecular flexibility index (Phi) is 3.54. The zero-order chi connectivity index (χ0) is 11.7. The number of hydrogen-bond donors (Lipinski definition) is 1. The molecule has 0 bridgehead atoms. The topological polar surface area (TPSA) is 12.0 Å². The van der Waals surface area contributed by atoms with Crippen LogP contribution in [-0.4, -0.2) is 12.6 Å². The van der Waals surface area contributed by atoms with Crippen molar-refractivity contribution in [2.45, 2.75) is 25.3 Å². The molecule has 0 amide bonds. The van der Waals surface area contributed by atoms with Gasteiger partial charge in [-0.05, 0) is 47.8 Å². The lowest BCUT2D eigenvalue weighted by Gasteiger charge is -2.12. The van der Waals surface area contributed by atoms with E-state index in [1.54, 1.807) is 0 Å². The standard InChI is InChI=1S/C11H11BrF3N/c12-8-5-9(13)11(15)7(10(8)14)4-6-2-1-3-16-6/h5-6,16H,1-4H2. The molecule has 5 heteroatoms. The van der Waals surface area contributed by atoms with Gasteiger partial charge in [-0.1, -0.05) is 0 Å². The Morgan fingerprint density at radius 1 is 1.31 bits per heavy atom. The summed E-state index contributed by atoms with van der Waals surface area (Å²) >= 11 is 2.88. The van der Waals surface area contributed by atoms with Crippen molar-refractivity contribution >= 4 is 15.9 Å². The molecule has 0 aliphatic carbocycles. The van der Waals surface area contributed by atoms with Gasteiger partial charge in [-0.2, -0.15) is 0 Å². The maximum Gasteiger partial charge on any atom is 0.165 e. The molecule has 1 aliphatic rings. The lowest BCUT2D eigenvalue weighted by atomic mass is 10.0. The molecule has 0 spiro atoms. The number of nitrogens with one attached hydrogen (secondary N) is 1. The van der Waals surface area contributed by atoms with Crippen LogP contribution in [-0.2, 0) is 6.42 Å². The van der Waals surface area contributed by atoms with Gasteiger partial charge in [0.15, 0.2) is 11.6 Å². The molecule has 1 saturated heterocycles. The highest BCUT2D eigenvalue weighted by atomic mass is 79.9. The summed E-state index contributed by atoms with van der Waals surface area (Å²) in [6.45, 7) is 0.852. The van der Waals surface area contributed by atoms with Crippen molar-refractivity contribution in [3.8, 4) is 0 Å². The average molecular weight is 294 g/mol. The fourth-order valence-corrected chi connectivity index (χ4v) is 2.42. The zero-order valence-electron chi connectivity index (χ0n) is 8.49. The highest BCUT2D eigenvalue weighted by Crippen LogP contribution is 2.26. The van der Waals surface area contributed by atoms with Crippen LogP contribution in [0.4, 0.5) is 13.2 Å². The molecule has 16 heavy (non-hydrogen) atoms. The van der Waals surface area contributed by atoms with Gasteiger partial charge in [0.2, 0.25) is 0 Å². The summed E-state index contributed by atoms with van der Waals surface area (Å²) in [5.41, 5.74) is -0.175. The molecule has 1 aromatic rings. The summed E-state index contributed by atoms with van der Waals surface area (Å²) in [6.07, 6.45) is 2.05. The fraction of sp³-hybridized carbons (Fsp3) is 0.455. The van der Waals surface area contributed by atoms with Crippen molar-refractivity contribution < 1.29 is 13.2 Å². The van der Waals surface area contributed by atoms with E-state index in [0.717, 1.165) is 25.5 Å². The van der Waals surface area contributed by atoms with Gasteiger partial charge >= 0.3 is 0 Å². The molecule has 1 heterocycles. The largest absolute Gasteiger partial charge is 0.314 e. The Morgan fingerprint density at radius 3 is 2.69 bits per heavy atom. The Morgan fingerprint density at radius 2 is 2.06 bits per heavy atom. The van der Waals surface area contributed by atoms with Gasteiger partial charge in [0.05, 0.1) is 4.47 Å². The molecule has 1 aromatic carbocycles. The summed E-state index contributed by atoms with van der Waals surface area (Å²) in [6, 6.07) is 0.855. The van der Waals surface area contributed by atoms with E-state index >= 15 is 0 Å². The molecule has 2 rings (SSSR count). The van der Waals surface area contributed by atoms with Gasteiger partial charge in [-0.25, -0.2) is 13.2 Å². The summed E-state index contributed by atoms with van der Waals surface area (Å²) < 4.78 is 40.1. The van der Waals surface area contributed by atoms with Crippen LogP contribution in [0.2, 0.25) is 0 Å². The first-order valence-electron chi connectivity index (χ1n) is 5.15. The lowest BCUT2D eigenvalue weighted by molar-refractivity contribution is 0.463. The molecule has 0 saturated carbocycles. The summed E-state index contributed by atoms with van der Waals surface area (Å²) in [4.78, 5) is 0. The van der Waals surface area contributed by atoms with Crippen LogP contribution in [0.5, 0.6) is 0 Å². The molecule has 88 valence electrons. The molecule has 1 N–H and O–H groups in total. The Hall–Kier alpha value is -0.550. The first-order chi connectivity index (χ1) is 7.59. The number of halogens is 4. The van der Waals surface area contributed by atoms with Crippen LogP contribution in [0.3, 0.4) is 0 Å². The van der Waals surface area contributed by atoms with Gasteiger partial charge in [0, 0.05) is 11.6 Å². The maximum atomic E-state index is 13.6. The predicted octanol–water partition coefficient (Wildman–Crippen LogP) is 3.16. The second-order valence-electron chi connectivity index (χ2n) is 3.94. The Labute approximate surface area is 100 Å². The van der Waals surface area contributed by atoms with Crippen molar-refractivity contribution in [1.82, 2.24) is 5.32 Å².